The molecule has 23 heavy (non-hydrogen) atoms. The standard InChI is InChI=1S/C15H13ClN2O4S/c1-2-17-13-9-12(19)7-8-14(13)23(21,22)18(15(17)20)11-5-3-10(16)4-6-11/h3-9,19H,2H2,1H3. The van der Waals surface area contributed by atoms with Crippen LogP contribution in [-0.4, -0.2) is 26.1 Å². The summed E-state index contributed by atoms with van der Waals surface area (Å²) >= 11 is 5.82. The lowest BCUT2D eigenvalue weighted by molar-refractivity contribution is 0.254. The van der Waals surface area contributed by atoms with Crippen LogP contribution in [-0.2, 0) is 10.0 Å². The Morgan fingerprint density at radius 3 is 2.39 bits per heavy atom. The highest BCUT2D eigenvalue weighted by atomic mass is 35.5. The normalized spacial score (nSPS) is 16.3. The first-order valence-corrected chi connectivity index (χ1v) is 8.63. The molecule has 0 fully saturated rings. The summed E-state index contributed by atoms with van der Waals surface area (Å²) in [5.41, 5.74) is 0.374. The number of fused-ring (bicyclic) bond motifs is 1. The summed E-state index contributed by atoms with van der Waals surface area (Å²) in [4.78, 5) is 14.0. The zero-order chi connectivity index (χ0) is 16.8. The Balaban J connectivity index is 2.25. The van der Waals surface area contributed by atoms with Gasteiger partial charge in [0.2, 0.25) is 0 Å². The Kier molecular flexibility index (Phi) is 3.69. The highest BCUT2D eigenvalue weighted by Gasteiger charge is 2.42. The van der Waals surface area contributed by atoms with E-state index in [2.05, 4.69) is 0 Å². The highest BCUT2D eigenvalue weighted by Crippen LogP contribution is 2.38. The number of sulfonamides is 1. The number of phenols is 1. The van der Waals surface area contributed by atoms with Crippen molar-refractivity contribution < 1.29 is 18.3 Å². The predicted molar refractivity (Wildman–Crippen MR) is 87.6 cm³/mol. The average Bonchev–Trinajstić information content (AvgIpc) is 2.49. The van der Waals surface area contributed by atoms with E-state index in [0.29, 0.717) is 5.02 Å². The number of urea groups is 1. The zero-order valence-corrected chi connectivity index (χ0v) is 13.7. The van der Waals surface area contributed by atoms with Gasteiger partial charge in [0.15, 0.2) is 0 Å². The first-order valence-electron chi connectivity index (χ1n) is 6.81. The maximum Gasteiger partial charge on any atom is 0.343 e. The van der Waals surface area contributed by atoms with Crippen molar-refractivity contribution in [3.8, 4) is 5.75 Å². The lowest BCUT2D eigenvalue weighted by atomic mass is 10.2. The van der Waals surface area contributed by atoms with Crippen molar-refractivity contribution in [2.75, 3.05) is 15.7 Å². The van der Waals surface area contributed by atoms with Crippen molar-refractivity contribution in [3.63, 3.8) is 0 Å². The van der Waals surface area contributed by atoms with Gasteiger partial charge in [-0.3, -0.25) is 4.90 Å². The number of hydrogen-bond donors (Lipinski definition) is 1. The molecule has 0 unspecified atom stereocenters. The van der Waals surface area contributed by atoms with Crippen molar-refractivity contribution in [2.24, 2.45) is 0 Å². The Morgan fingerprint density at radius 1 is 1.13 bits per heavy atom. The molecule has 0 radical (unpaired) electrons. The van der Waals surface area contributed by atoms with Gasteiger partial charge in [0.1, 0.15) is 10.6 Å². The first kappa shape index (κ1) is 15.6. The summed E-state index contributed by atoms with van der Waals surface area (Å²) in [6, 6.07) is 9.11. The molecular weight excluding hydrogens is 340 g/mol. The minimum atomic E-state index is -4.07. The molecule has 2 aromatic rings. The van der Waals surface area contributed by atoms with Gasteiger partial charge in [0.25, 0.3) is 10.0 Å². The molecule has 2 aromatic carbocycles. The molecule has 0 saturated carbocycles. The molecule has 0 aromatic heterocycles. The van der Waals surface area contributed by atoms with Crippen LogP contribution in [0.4, 0.5) is 16.2 Å². The minimum absolute atomic E-state index is 0.0355. The number of hydrogen-bond acceptors (Lipinski definition) is 4. The summed E-state index contributed by atoms with van der Waals surface area (Å²) in [6.07, 6.45) is 0. The molecule has 0 aliphatic carbocycles. The van der Waals surface area contributed by atoms with Crippen molar-refractivity contribution in [2.45, 2.75) is 11.8 Å². The van der Waals surface area contributed by atoms with E-state index in [0.717, 1.165) is 4.31 Å². The van der Waals surface area contributed by atoms with E-state index < -0.39 is 16.1 Å². The van der Waals surface area contributed by atoms with Crippen LogP contribution in [0.1, 0.15) is 6.92 Å². The summed E-state index contributed by atoms with van der Waals surface area (Å²) < 4.78 is 26.4. The third kappa shape index (κ3) is 2.42. The summed E-state index contributed by atoms with van der Waals surface area (Å²) in [5.74, 6) is -0.106. The Bertz CT molecular complexity index is 881. The van der Waals surface area contributed by atoms with Crippen LogP contribution in [0, 0.1) is 0 Å². The molecule has 3 rings (SSSR count). The number of rotatable bonds is 2. The van der Waals surface area contributed by atoms with Crippen LogP contribution in [0.5, 0.6) is 5.75 Å². The maximum absolute atomic E-state index is 12.8. The van der Waals surface area contributed by atoms with Crippen LogP contribution < -0.4 is 9.21 Å². The Labute approximate surface area is 138 Å². The molecule has 1 N–H and O–H groups in total. The molecule has 1 aliphatic rings. The van der Waals surface area contributed by atoms with Gasteiger partial charge in [-0.1, -0.05) is 11.6 Å². The summed E-state index contributed by atoms with van der Waals surface area (Å²) in [7, 11) is -4.07. The fraction of sp³-hybridized carbons (Fsp3) is 0.133. The molecule has 0 atom stereocenters. The smallest absolute Gasteiger partial charge is 0.343 e. The van der Waals surface area contributed by atoms with E-state index in [-0.39, 0.29) is 28.6 Å². The van der Waals surface area contributed by atoms with Crippen LogP contribution in [0.3, 0.4) is 0 Å². The molecule has 0 bridgehead atoms. The number of halogens is 1. The third-order valence-corrected chi connectivity index (χ3v) is 5.53. The molecule has 8 heteroatoms. The lowest BCUT2D eigenvalue weighted by Crippen LogP contribution is -2.51. The molecule has 2 amide bonds. The maximum atomic E-state index is 12.8. The van der Waals surface area contributed by atoms with Crippen LogP contribution in [0.15, 0.2) is 47.4 Å². The second-order valence-electron chi connectivity index (χ2n) is 4.92. The van der Waals surface area contributed by atoms with E-state index in [1.54, 1.807) is 6.92 Å². The van der Waals surface area contributed by atoms with E-state index in [1.807, 2.05) is 0 Å². The van der Waals surface area contributed by atoms with Gasteiger partial charge in [0, 0.05) is 17.6 Å². The number of phenolic OH excluding ortho intramolecular Hbond substituents is 1. The first-order chi connectivity index (χ1) is 10.9. The molecule has 6 nitrogen and oxygen atoms in total. The fourth-order valence-electron chi connectivity index (χ4n) is 2.48. The highest BCUT2D eigenvalue weighted by molar-refractivity contribution is 7.94. The molecule has 1 aliphatic heterocycles. The van der Waals surface area contributed by atoms with E-state index in [1.165, 1.54) is 47.4 Å². The third-order valence-electron chi connectivity index (χ3n) is 3.53. The largest absolute Gasteiger partial charge is 0.508 e. The van der Waals surface area contributed by atoms with Gasteiger partial charge < -0.3 is 5.11 Å². The molecule has 1 heterocycles. The SMILES string of the molecule is CCN1C(=O)N(c2ccc(Cl)cc2)S(=O)(=O)c2ccc(O)cc21. The van der Waals surface area contributed by atoms with Gasteiger partial charge in [-0.25, -0.2) is 13.2 Å². The average molecular weight is 353 g/mol. The lowest BCUT2D eigenvalue weighted by Gasteiger charge is -2.35. The number of aromatic hydroxyl groups is 1. The zero-order valence-electron chi connectivity index (χ0n) is 12.1. The van der Waals surface area contributed by atoms with E-state index >= 15 is 0 Å². The minimum Gasteiger partial charge on any atom is -0.508 e. The van der Waals surface area contributed by atoms with E-state index in [9.17, 15) is 18.3 Å². The molecule has 0 saturated heterocycles. The van der Waals surface area contributed by atoms with Crippen LogP contribution in [0.25, 0.3) is 0 Å². The fourth-order valence-corrected chi connectivity index (χ4v) is 4.18. The van der Waals surface area contributed by atoms with Gasteiger partial charge in [-0.05, 0) is 43.3 Å². The van der Waals surface area contributed by atoms with Crippen molar-refractivity contribution in [1.29, 1.82) is 0 Å². The van der Waals surface area contributed by atoms with Crippen molar-refractivity contribution in [3.05, 3.63) is 47.5 Å². The van der Waals surface area contributed by atoms with Crippen LogP contribution >= 0.6 is 11.6 Å². The number of carbonyl (C=O) groups is 1. The number of carbonyl (C=O) groups excluding carboxylic acids is 1. The number of nitrogens with zero attached hydrogens (tertiary/aromatic N) is 2. The van der Waals surface area contributed by atoms with Gasteiger partial charge in [-0.2, -0.15) is 4.31 Å². The Hall–Kier alpha value is -2.25. The van der Waals surface area contributed by atoms with Crippen molar-refractivity contribution in [1.82, 2.24) is 0 Å². The predicted octanol–water partition coefficient (Wildman–Crippen LogP) is 3.20. The molecule has 120 valence electrons. The number of amides is 2. The quantitative estimate of drug-likeness (QED) is 0.900. The topological polar surface area (TPSA) is 77.9 Å². The van der Waals surface area contributed by atoms with Crippen molar-refractivity contribution >= 4 is 39.0 Å². The second kappa shape index (κ2) is 5.43. The van der Waals surface area contributed by atoms with Gasteiger partial charge >= 0.3 is 6.03 Å². The second-order valence-corrected chi connectivity index (χ2v) is 7.12. The summed E-state index contributed by atoms with van der Waals surface area (Å²) in [5, 5.41) is 10.0. The van der Waals surface area contributed by atoms with Crippen LogP contribution in [0.2, 0.25) is 5.02 Å². The van der Waals surface area contributed by atoms with Gasteiger partial charge in [0.05, 0.1) is 11.4 Å². The monoisotopic (exact) mass is 352 g/mol. The molecular formula is C15H13ClN2O4S. The van der Waals surface area contributed by atoms with Gasteiger partial charge in [-0.15, -0.1) is 0 Å². The number of benzene rings is 2. The summed E-state index contributed by atoms with van der Waals surface area (Å²) in [6.45, 7) is 1.98. The Morgan fingerprint density at radius 2 is 1.78 bits per heavy atom. The molecule has 0 spiro atoms. The van der Waals surface area contributed by atoms with E-state index in [4.69, 9.17) is 11.6 Å². The number of anilines is 2.